The summed E-state index contributed by atoms with van der Waals surface area (Å²) in [6, 6.07) is 19.4. The summed E-state index contributed by atoms with van der Waals surface area (Å²) in [7, 11) is -2.39. The van der Waals surface area contributed by atoms with Crippen LogP contribution in [-0.4, -0.2) is 18.7 Å². The van der Waals surface area contributed by atoms with Crippen molar-refractivity contribution in [2.45, 2.75) is 97.9 Å². The Morgan fingerprint density at radius 2 is 1.44 bits per heavy atom. The molecule has 3 heteroatoms. The largest absolute Gasteiger partial charge is 0.488 e. The van der Waals surface area contributed by atoms with Crippen LogP contribution < -0.4 is 4.74 Å². The number of hydrogen-bond acceptors (Lipinski definition) is 2. The quantitative estimate of drug-likeness (QED) is 0.366. The predicted molar refractivity (Wildman–Crippen MR) is 141 cm³/mol. The van der Waals surface area contributed by atoms with E-state index in [1.807, 2.05) is 0 Å². The van der Waals surface area contributed by atoms with Gasteiger partial charge in [0, 0.05) is 5.54 Å². The van der Waals surface area contributed by atoms with Crippen molar-refractivity contribution in [3.05, 3.63) is 65.7 Å². The van der Waals surface area contributed by atoms with Gasteiger partial charge in [0.2, 0.25) is 0 Å². The molecule has 0 heterocycles. The molecular formula is C29H46O2Si. The van der Waals surface area contributed by atoms with E-state index in [0.29, 0.717) is 11.8 Å². The summed E-state index contributed by atoms with van der Waals surface area (Å²) in [6.07, 6.45) is 3.31. The van der Waals surface area contributed by atoms with Crippen LogP contribution in [0.4, 0.5) is 0 Å². The molecule has 0 spiro atoms. The van der Waals surface area contributed by atoms with Gasteiger partial charge in [0.25, 0.3) is 0 Å². The van der Waals surface area contributed by atoms with E-state index in [-0.39, 0.29) is 16.6 Å². The first-order valence-electron chi connectivity index (χ1n) is 12.3. The summed E-state index contributed by atoms with van der Waals surface area (Å²) in [5.41, 5.74) is 2.71. The monoisotopic (exact) mass is 454 g/mol. The van der Waals surface area contributed by atoms with Gasteiger partial charge >= 0.3 is 0 Å². The zero-order chi connectivity index (χ0) is 24.2. The molecule has 0 aliphatic rings. The van der Waals surface area contributed by atoms with Crippen LogP contribution in [0.3, 0.4) is 0 Å². The molecule has 2 rings (SSSR count). The fourth-order valence-corrected chi connectivity index (χ4v) is 6.76. The minimum Gasteiger partial charge on any atom is -0.488 e. The highest BCUT2D eigenvalue weighted by atomic mass is 28.4. The lowest BCUT2D eigenvalue weighted by Crippen LogP contribution is -2.39. The van der Waals surface area contributed by atoms with Crippen LogP contribution in [0.1, 0.15) is 90.3 Å². The molecule has 0 bridgehead atoms. The summed E-state index contributed by atoms with van der Waals surface area (Å²) in [6.45, 7) is 19.9. The lowest BCUT2D eigenvalue weighted by molar-refractivity contribution is 0.131. The maximum absolute atomic E-state index is 11.2. The Labute approximate surface area is 198 Å². The molecule has 0 saturated carbocycles. The highest BCUT2D eigenvalue weighted by Crippen LogP contribution is 2.48. The lowest BCUT2D eigenvalue weighted by atomic mass is 9.68. The van der Waals surface area contributed by atoms with Crippen LogP contribution >= 0.6 is 0 Å². The highest BCUT2D eigenvalue weighted by molar-refractivity contribution is 6.71. The minimum absolute atomic E-state index is 0.0450. The average Bonchev–Trinajstić information content (AvgIpc) is 2.69. The number of benzene rings is 2. The normalized spacial score (nSPS) is 15.8. The molecule has 0 amide bonds. The standard InChI is InChI=1S/C29H46O2Si/c1-10-22(2)20-26(23-16-18-25(19-17-23)31-28(3,4)5)29(6,7)21-27(32(8,9)30)24-14-12-11-13-15-24/h11-19,22,26-27,30H,10,20-21H2,1-9H3. The second-order valence-electron chi connectivity index (χ2n) is 11.9. The second kappa shape index (κ2) is 10.6. The number of hydrogen-bond donors (Lipinski definition) is 1. The van der Waals surface area contributed by atoms with Gasteiger partial charge in [0.1, 0.15) is 11.4 Å². The van der Waals surface area contributed by atoms with Crippen LogP contribution in [0, 0.1) is 11.3 Å². The molecular weight excluding hydrogens is 408 g/mol. The van der Waals surface area contributed by atoms with Gasteiger partial charge in [-0.05, 0) is 87.2 Å². The summed E-state index contributed by atoms with van der Waals surface area (Å²) < 4.78 is 6.06. The van der Waals surface area contributed by atoms with Gasteiger partial charge in [0.15, 0.2) is 8.32 Å². The van der Waals surface area contributed by atoms with Gasteiger partial charge in [-0.1, -0.05) is 76.6 Å². The SMILES string of the molecule is CCC(C)CC(c1ccc(OC(C)(C)C)cc1)C(C)(C)CC(c1ccccc1)[Si](C)(C)O. The molecule has 0 aliphatic heterocycles. The second-order valence-corrected chi connectivity index (χ2v) is 15.9. The topological polar surface area (TPSA) is 29.5 Å². The summed E-state index contributed by atoms with van der Waals surface area (Å²) in [5, 5.41) is 0. The molecule has 2 aromatic rings. The van der Waals surface area contributed by atoms with Crippen LogP contribution in [0.25, 0.3) is 0 Å². The first kappa shape index (κ1) is 26.7. The highest BCUT2D eigenvalue weighted by Gasteiger charge is 2.40. The maximum atomic E-state index is 11.2. The molecule has 0 aliphatic carbocycles. The van der Waals surface area contributed by atoms with Crippen molar-refractivity contribution in [2.24, 2.45) is 11.3 Å². The van der Waals surface area contributed by atoms with Crippen molar-refractivity contribution in [2.75, 3.05) is 0 Å². The van der Waals surface area contributed by atoms with E-state index in [1.165, 1.54) is 17.5 Å². The molecule has 0 radical (unpaired) electrons. The van der Waals surface area contributed by atoms with Crippen LogP contribution in [0.15, 0.2) is 54.6 Å². The van der Waals surface area contributed by atoms with Gasteiger partial charge in [-0.25, -0.2) is 0 Å². The van der Waals surface area contributed by atoms with Gasteiger partial charge < -0.3 is 9.53 Å². The molecule has 0 fully saturated rings. The van der Waals surface area contributed by atoms with Gasteiger partial charge in [-0.15, -0.1) is 0 Å². The fraction of sp³-hybridized carbons (Fsp3) is 0.586. The van der Waals surface area contributed by atoms with Crippen molar-refractivity contribution >= 4 is 8.32 Å². The summed E-state index contributed by atoms with van der Waals surface area (Å²) >= 11 is 0. The van der Waals surface area contributed by atoms with Crippen molar-refractivity contribution < 1.29 is 9.53 Å². The third-order valence-electron chi connectivity index (χ3n) is 6.77. The van der Waals surface area contributed by atoms with Gasteiger partial charge in [-0.3, -0.25) is 0 Å². The maximum Gasteiger partial charge on any atom is 0.189 e. The zero-order valence-corrected chi connectivity index (χ0v) is 22.9. The molecule has 32 heavy (non-hydrogen) atoms. The number of ether oxygens (including phenoxy) is 1. The Kier molecular flexibility index (Phi) is 8.80. The van der Waals surface area contributed by atoms with E-state index in [2.05, 4.69) is 116 Å². The van der Waals surface area contributed by atoms with E-state index in [9.17, 15) is 4.80 Å². The van der Waals surface area contributed by atoms with Crippen molar-refractivity contribution in [1.29, 1.82) is 0 Å². The van der Waals surface area contributed by atoms with Crippen LogP contribution in [0.2, 0.25) is 13.1 Å². The van der Waals surface area contributed by atoms with E-state index >= 15 is 0 Å². The Hall–Kier alpha value is -1.58. The molecule has 3 unspecified atom stereocenters. The van der Waals surface area contributed by atoms with Crippen molar-refractivity contribution in [1.82, 2.24) is 0 Å². The van der Waals surface area contributed by atoms with Crippen LogP contribution in [0.5, 0.6) is 5.75 Å². The fourth-order valence-electron chi connectivity index (χ4n) is 4.73. The van der Waals surface area contributed by atoms with E-state index < -0.39 is 8.32 Å². The van der Waals surface area contributed by atoms with Gasteiger partial charge in [0.05, 0.1) is 0 Å². The third kappa shape index (κ3) is 7.77. The molecule has 2 nitrogen and oxygen atoms in total. The lowest BCUT2D eigenvalue weighted by Gasteiger charge is -2.41. The Bertz CT molecular complexity index is 813. The van der Waals surface area contributed by atoms with E-state index in [0.717, 1.165) is 18.6 Å². The number of rotatable bonds is 10. The molecule has 0 saturated heterocycles. The van der Waals surface area contributed by atoms with Gasteiger partial charge in [-0.2, -0.15) is 0 Å². The molecule has 0 aromatic heterocycles. The molecule has 3 atom stereocenters. The zero-order valence-electron chi connectivity index (χ0n) is 21.9. The Morgan fingerprint density at radius 1 is 0.875 bits per heavy atom. The summed E-state index contributed by atoms with van der Waals surface area (Å²) in [5.74, 6) is 2.00. The Balaban J connectivity index is 2.39. The molecule has 178 valence electrons. The van der Waals surface area contributed by atoms with Crippen molar-refractivity contribution in [3.63, 3.8) is 0 Å². The van der Waals surface area contributed by atoms with Crippen molar-refractivity contribution in [3.8, 4) is 5.75 Å². The smallest absolute Gasteiger partial charge is 0.189 e. The molecule has 1 N–H and O–H groups in total. The predicted octanol–water partition coefficient (Wildman–Crippen LogP) is 8.32. The minimum atomic E-state index is -2.39. The summed E-state index contributed by atoms with van der Waals surface area (Å²) in [4.78, 5) is 11.2. The van der Waals surface area contributed by atoms with E-state index in [1.54, 1.807) is 0 Å². The molecule has 2 aromatic carbocycles. The first-order chi connectivity index (χ1) is 14.7. The first-order valence-corrected chi connectivity index (χ1v) is 15.3. The average molecular weight is 455 g/mol. The third-order valence-corrected chi connectivity index (χ3v) is 9.01. The Morgan fingerprint density at radius 3 is 1.91 bits per heavy atom. The van der Waals surface area contributed by atoms with E-state index in [4.69, 9.17) is 4.74 Å². The van der Waals surface area contributed by atoms with Crippen LogP contribution in [-0.2, 0) is 0 Å².